The van der Waals surface area contributed by atoms with Gasteiger partial charge in [-0.15, -0.1) is 0 Å². The van der Waals surface area contributed by atoms with Crippen LogP contribution in [0.25, 0.3) is 16.7 Å². The van der Waals surface area contributed by atoms with Crippen LogP contribution in [0.3, 0.4) is 0 Å². The molecule has 4 rings (SSSR count). The number of nitrogens with two attached hydrogens (primary N) is 1. The van der Waals surface area contributed by atoms with Gasteiger partial charge in [-0.25, -0.2) is 14.4 Å². The molecule has 0 aliphatic carbocycles. The van der Waals surface area contributed by atoms with Gasteiger partial charge in [0.25, 0.3) is 0 Å². The topological polar surface area (TPSA) is 97.9 Å². The number of hydrogen-bond donors (Lipinski definition) is 3. The molecule has 4 aromatic rings. The van der Waals surface area contributed by atoms with E-state index in [1.165, 1.54) is 12.1 Å². The summed E-state index contributed by atoms with van der Waals surface area (Å²) in [6, 6.07) is 14.9. The summed E-state index contributed by atoms with van der Waals surface area (Å²) in [6.07, 6.45) is 1.64. The fraction of sp³-hybridized carbons (Fsp3) is 0.0500. The van der Waals surface area contributed by atoms with E-state index in [0.717, 1.165) is 11.2 Å². The summed E-state index contributed by atoms with van der Waals surface area (Å²) in [5.41, 5.74) is 8.53. The molecule has 0 unspecified atom stereocenters. The van der Waals surface area contributed by atoms with Crippen LogP contribution in [-0.4, -0.2) is 27.5 Å². The molecule has 4 N–H and O–H groups in total. The molecule has 2 aromatic carbocycles. The van der Waals surface area contributed by atoms with Gasteiger partial charge in [0.05, 0.1) is 17.4 Å². The second kappa shape index (κ2) is 6.99. The van der Waals surface area contributed by atoms with Crippen molar-refractivity contribution in [2.75, 3.05) is 17.7 Å². The SMILES string of the molecule is CNc1nc2cnc(Nc3ccc(C(N)=O)cc3)cc2n1-c1cccc(F)c1. The van der Waals surface area contributed by atoms with Crippen molar-refractivity contribution < 1.29 is 9.18 Å². The number of carbonyl (C=O) groups is 1. The third-order valence-electron chi connectivity index (χ3n) is 4.27. The smallest absolute Gasteiger partial charge is 0.248 e. The van der Waals surface area contributed by atoms with E-state index in [0.29, 0.717) is 28.5 Å². The van der Waals surface area contributed by atoms with Gasteiger partial charge in [0, 0.05) is 24.4 Å². The van der Waals surface area contributed by atoms with Crippen molar-refractivity contribution in [3.8, 4) is 5.69 Å². The zero-order chi connectivity index (χ0) is 19.7. The minimum absolute atomic E-state index is 0.330. The van der Waals surface area contributed by atoms with E-state index < -0.39 is 5.91 Å². The molecular formula is C20H17FN6O. The van der Waals surface area contributed by atoms with Crippen molar-refractivity contribution in [1.29, 1.82) is 0 Å². The van der Waals surface area contributed by atoms with Gasteiger partial charge in [-0.3, -0.25) is 9.36 Å². The Bertz CT molecular complexity index is 1170. The molecule has 0 radical (unpaired) electrons. The molecule has 1 amide bonds. The standard InChI is InChI=1S/C20H17FN6O/c1-23-20-26-16-11-24-18(25-14-7-5-12(6-8-14)19(22)28)10-17(16)27(20)15-4-2-3-13(21)9-15/h2-11H,1H3,(H2,22,28)(H,23,26)(H,24,25). The van der Waals surface area contributed by atoms with Crippen LogP contribution >= 0.6 is 0 Å². The molecule has 0 spiro atoms. The van der Waals surface area contributed by atoms with Crippen LogP contribution in [0.2, 0.25) is 0 Å². The van der Waals surface area contributed by atoms with Gasteiger partial charge in [-0.05, 0) is 42.5 Å². The highest BCUT2D eigenvalue weighted by Gasteiger charge is 2.13. The Morgan fingerprint density at radius 2 is 1.93 bits per heavy atom. The molecule has 8 heteroatoms. The Kier molecular flexibility index (Phi) is 4.36. The molecule has 28 heavy (non-hydrogen) atoms. The van der Waals surface area contributed by atoms with Crippen molar-refractivity contribution in [2.45, 2.75) is 0 Å². The predicted octanol–water partition coefficient (Wildman–Crippen LogP) is 3.44. The molecule has 0 saturated carbocycles. The van der Waals surface area contributed by atoms with Crippen LogP contribution in [0, 0.1) is 5.82 Å². The number of benzene rings is 2. The Morgan fingerprint density at radius 1 is 1.14 bits per heavy atom. The zero-order valence-electron chi connectivity index (χ0n) is 15.0. The zero-order valence-corrected chi connectivity index (χ0v) is 15.0. The molecule has 7 nitrogen and oxygen atoms in total. The minimum Gasteiger partial charge on any atom is -0.366 e. The summed E-state index contributed by atoms with van der Waals surface area (Å²) in [7, 11) is 1.75. The summed E-state index contributed by atoms with van der Waals surface area (Å²) in [5.74, 6) is 0.345. The van der Waals surface area contributed by atoms with E-state index in [1.807, 2.05) is 10.6 Å². The first-order valence-corrected chi connectivity index (χ1v) is 8.54. The number of rotatable bonds is 5. The molecule has 0 atom stereocenters. The lowest BCUT2D eigenvalue weighted by Gasteiger charge is -2.10. The van der Waals surface area contributed by atoms with Crippen LogP contribution in [-0.2, 0) is 0 Å². The second-order valence-electron chi connectivity index (χ2n) is 6.13. The van der Waals surface area contributed by atoms with E-state index in [2.05, 4.69) is 20.6 Å². The first-order valence-electron chi connectivity index (χ1n) is 8.54. The number of anilines is 3. The molecular weight excluding hydrogens is 359 g/mol. The maximum atomic E-state index is 13.7. The van der Waals surface area contributed by atoms with E-state index >= 15 is 0 Å². The summed E-state index contributed by atoms with van der Waals surface area (Å²) < 4.78 is 15.6. The Labute approximate surface area is 160 Å². The number of primary amides is 1. The van der Waals surface area contributed by atoms with Crippen LogP contribution in [0.1, 0.15) is 10.4 Å². The van der Waals surface area contributed by atoms with Gasteiger partial charge in [0.1, 0.15) is 17.2 Å². The fourth-order valence-electron chi connectivity index (χ4n) is 2.96. The molecule has 0 aliphatic rings. The van der Waals surface area contributed by atoms with Crippen molar-refractivity contribution in [2.24, 2.45) is 5.73 Å². The number of aromatic nitrogens is 3. The molecule has 0 fully saturated rings. The number of pyridine rings is 1. The van der Waals surface area contributed by atoms with Crippen LogP contribution in [0.4, 0.5) is 21.8 Å². The maximum Gasteiger partial charge on any atom is 0.248 e. The highest BCUT2D eigenvalue weighted by atomic mass is 19.1. The Balaban J connectivity index is 1.75. The van der Waals surface area contributed by atoms with Gasteiger partial charge >= 0.3 is 0 Å². The van der Waals surface area contributed by atoms with E-state index in [-0.39, 0.29) is 5.82 Å². The molecule has 0 saturated heterocycles. The number of nitrogens with zero attached hydrogens (tertiary/aromatic N) is 3. The lowest BCUT2D eigenvalue weighted by molar-refractivity contribution is 0.100. The summed E-state index contributed by atoms with van der Waals surface area (Å²) in [6.45, 7) is 0. The van der Waals surface area contributed by atoms with Crippen LogP contribution < -0.4 is 16.4 Å². The van der Waals surface area contributed by atoms with E-state index in [4.69, 9.17) is 5.73 Å². The van der Waals surface area contributed by atoms with E-state index in [1.54, 1.807) is 49.6 Å². The molecule has 2 aromatic heterocycles. The third-order valence-corrected chi connectivity index (χ3v) is 4.27. The van der Waals surface area contributed by atoms with Crippen LogP contribution in [0.15, 0.2) is 60.8 Å². The Morgan fingerprint density at radius 3 is 2.61 bits per heavy atom. The number of amides is 1. The second-order valence-corrected chi connectivity index (χ2v) is 6.13. The predicted molar refractivity (Wildman–Crippen MR) is 107 cm³/mol. The number of carbonyl (C=O) groups excluding carboxylic acids is 1. The van der Waals surface area contributed by atoms with Gasteiger partial charge in [0.2, 0.25) is 11.9 Å². The normalized spacial score (nSPS) is 10.8. The average molecular weight is 376 g/mol. The third kappa shape index (κ3) is 3.23. The lowest BCUT2D eigenvalue weighted by Crippen LogP contribution is -2.10. The van der Waals surface area contributed by atoms with Gasteiger partial charge in [-0.2, -0.15) is 0 Å². The lowest BCUT2D eigenvalue weighted by atomic mass is 10.2. The molecule has 0 bridgehead atoms. The summed E-state index contributed by atoms with van der Waals surface area (Å²) in [5, 5.41) is 6.21. The van der Waals surface area contributed by atoms with Gasteiger partial charge in [0.15, 0.2) is 0 Å². The monoisotopic (exact) mass is 376 g/mol. The van der Waals surface area contributed by atoms with Crippen molar-refractivity contribution in [3.05, 3.63) is 72.2 Å². The first kappa shape index (κ1) is 17.5. The first-order chi connectivity index (χ1) is 13.5. The fourth-order valence-corrected chi connectivity index (χ4v) is 2.96. The average Bonchev–Trinajstić information content (AvgIpc) is 3.06. The van der Waals surface area contributed by atoms with Crippen LogP contribution in [0.5, 0.6) is 0 Å². The number of fused-ring (bicyclic) bond motifs is 1. The number of halogens is 1. The maximum absolute atomic E-state index is 13.7. The summed E-state index contributed by atoms with van der Waals surface area (Å²) in [4.78, 5) is 20.1. The Hall–Kier alpha value is -3.94. The quantitative estimate of drug-likeness (QED) is 0.496. The number of hydrogen-bond acceptors (Lipinski definition) is 5. The molecule has 2 heterocycles. The van der Waals surface area contributed by atoms with Crippen molar-refractivity contribution in [3.63, 3.8) is 0 Å². The molecule has 0 aliphatic heterocycles. The summed E-state index contributed by atoms with van der Waals surface area (Å²) >= 11 is 0. The molecule has 140 valence electrons. The highest BCUT2D eigenvalue weighted by molar-refractivity contribution is 5.93. The number of imidazole rings is 1. The van der Waals surface area contributed by atoms with Gasteiger partial charge in [-0.1, -0.05) is 6.07 Å². The van der Waals surface area contributed by atoms with E-state index in [9.17, 15) is 9.18 Å². The van der Waals surface area contributed by atoms with Gasteiger partial charge < -0.3 is 16.4 Å². The largest absolute Gasteiger partial charge is 0.366 e. The highest BCUT2D eigenvalue weighted by Crippen LogP contribution is 2.27. The number of nitrogens with one attached hydrogen (secondary N) is 2. The van der Waals surface area contributed by atoms with Crippen molar-refractivity contribution in [1.82, 2.24) is 14.5 Å². The minimum atomic E-state index is -0.482. The van der Waals surface area contributed by atoms with Crippen molar-refractivity contribution >= 4 is 34.4 Å².